The second-order valence-corrected chi connectivity index (χ2v) is 7.65. The molecule has 0 aliphatic heterocycles. The quantitative estimate of drug-likeness (QED) is 0.276. The van der Waals surface area contributed by atoms with Gasteiger partial charge in [-0.2, -0.15) is 18.3 Å². The Morgan fingerprint density at radius 1 is 1.21 bits per heavy atom. The third kappa shape index (κ3) is 5.68. The number of halogens is 3. The highest BCUT2D eigenvalue weighted by Gasteiger charge is 2.30. The highest BCUT2D eigenvalue weighted by atomic mass is 19.4. The smallest absolute Gasteiger partial charge is 0.380 e. The van der Waals surface area contributed by atoms with Gasteiger partial charge in [-0.25, -0.2) is 4.98 Å². The molecule has 0 atom stereocenters. The number of allylic oxidation sites excluding steroid dienone is 1. The van der Waals surface area contributed by atoms with Crippen molar-refractivity contribution in [3.63, 3.8) is 0 Å². The van der Waals surface area contributed by atoms with Crippen LogP contribution in [0.3, 0.4) is 0 Å². The lowest BCUT2D eigenvalue weighted by molar-refractivity contribution is -0.137. The number of benzene rings is 1. The number of hydrogen-bond donors (Lipinski definition) is 3. The summed E-state index contributed by atoms with van der Waals surface area (Å²) < 4.78 is 40.5. The summed E-state index contributed by atoms with van der Waals surface area (Å²) >= 11 is 0. The molecule has 2 heterocycles. The molecule has 0 radical (unpaired) electrons. The molecule has 172 valence electrons. The van der Waals surface area contributed by atoms with Crippen LogP contribution in [0.4, 0.5) is 24.7 Å². The first-order valence-electron chi connectivity index (χ1n) is 10.2. The van der Waals surface area contributed by atoms with E-state index in [1.165, 1.54) is 12.1 Å². The van der Waals surface area contributed by atoms with Crippen LogP contribution in [0.15, 0.2) is 73.9 Å². The molecule has 9 heteroatoms. The molecule has 33 heavy (non-hydrogen) atoms. The predicted molar refractivity (Wildman–Crippen MR) is 125 cm³/mol. The Bertz CT molecular complexity index is 1160. The van der Waals surface area contributed by atoms with Gasteiger partial charge in [-0.3, -0.25) is 4.68 Å². The van der Waals surface area contributed by atoms with E-state index in [9.17, 15) is 13.2 Å². The Hall–Kier alpha value is -3.88. The molecular formula is C24H25F3N6. The van der Waals surface area contributed by atoms with Crippen molar-refractivity contribution in [2.45, 2.75) is 26.1 Å². The lowest BCUT2D eigenvalue weighted by atomic mass is 9.99. The molecule has 3 N–H and O–H groups in total. The zero-order valence-corrected chi connectivity index (χ0v) is 18.4. The molecule has 0 saturated heterocycles. The molecule has 0 spiro atoms. The fraction of sp³-hybridized carbons (Fsp3) is 0.208. The van der Waals surface area contributed by atoms with Gasteiger partial charge < -0.3 is 16.0 Å². The van der Waals surface area contributed by atoms with Crippen LogP contribution in [0.5, 0.6) is 0 Å². The van der Waals surface area contributed by atoms with E-state index in [0.717, 1.165) is 23.3 Å². The molecule has 0 amide bonds. The van der Waals surface area contributed by atoms with Crippen LogP contribution in [0.25, 0.3) is 11.1 Å². The molecule has 1 aromatic carbocycles. The van der Waals surface area contributed by atoms with Crippen molar-refractivity contribution in [2.75, 3.05) is 11.9 Å². The van der Waals surface area contributed by atoms with Crippen molar-refractivity contribution < 1.29 is 13.2 Å². The topological polar surface area (TPSA) is 78.6 Å². The van der Waals surface area contributed by atoms with E-state index in [1.807, 2.05) is 24.7 Å². The van der Waals surface area contributed by atoms with Crippen LogP contribution < -0.4 is 10.6 Å². The van der Waals surface area contributed by atoms with Crippen molar-refractivity contribution in [1.82, 2.24) is 20.1 Å². The first-order chi connectivity index (χ1) is 15.6. The lowest BCUT2D eigenvalue weighted by Gasteiger charge is -2.17. The van der Waals surface area contributed by atoms with E-state index in [-0.39, 0.29) is 18.3 Å². The lowest BCUT2D eigenvalue weighted by Crippen LogP contribution is -2.23. The Morgan fingerprint density at radius 2 is 1.91 bits per heavy atom. The van der Waals surface area contributed by atoms with Crippen LogP contribution in [0.2, 0.25) is 0 Å². The Morgan fingerprint density at radius 3 is 2.48 bits per heavy atom. The van der Waals surface area contributed by atoms with Crippen LogP contribution in [-0.4, -0.2) is 27.0 Å². The van der Waals surface area contributed by atoms with E-state index in [4.69, 9.17) is 5.41 Å². The number of rotatable bonds is 9. The maximum atomic E-state index is 12.9. The molecule has 2 aromatic heterocycles. The number of aromatic nitrogens is 3. The third-order valence-corrected chi connectivity index (χ3v) is 4.91. The summed E-state index contributed by atoms with van der Waals surface area (Å²) in [6.07, 6.45) is 2.31. The van der Waals surface area contributed by atoms with Crippen molar-refractivity contribution in [3.05, 3.63) is 85.0 Å². The van der Waals surface area contributed by atoms with Gasteiger partial charge in [-0.15, -0.1) is 0 Å². The van der Waals surface area contributed by atoms with Gasteiger partial charge >= 0.3 is 6.18 Å². The summed E-state index contributed by atoms with van der Waals surface area (Å²) in [5.74, 6) is 0.348. The number of pyridine rings is 1. The Balaban J connectivity index is 2.02. The standard InChI is InChI=1S/C24H25F3N6/c1-5-16(4)30-13-21(28)22-20(17-12-31-33(14-17)15(2)3)10-11-29-23(22)32-19-8-6-18(7-9-19)24(25,26)27/h5-12,14-15,28,30H,1,4,13H2,2-3H3,(H,29,32). The molecule has 0 aliphatic carbocycles. The van der Waals surface area contributed by atoms with Gasteiger partial charge in [0.2, 0.25) is 0 Å². The first-order valence-corrected chi connectivity index (χ1v) is 10.2. The highest BCUT2D eigenvalue weighted by Crippen LogP contribution is 2.32. The van der Waals surface area contributed by atoms with Gasteiger partial charge in [-0.1, -0.05) is 13.2 Å². The Labute approximate surface area is 190 Å². The summed E-state index contributed by atoms with van der Waals surface area (Å²) in [5.41, 5.74) is 2.48. The first kappa shape index (κ1) is 23.8. The van der Waals surface area contributed by atoms with E-state index < -0.39 is 11.7 Å². The number of nitrogens with zero attached hydrogens (tertiary/aromatic N) is 3. The monoisotopic (exact) mass is 454 g/mol. The predicted octanol–water partition coefficient (Wildman–Crippen LogP) is 5.95. The van der Waals surface area contributed by atoms with Crippen molar-refractivity contribution in [1.29, 1.82) is 5.41 Å². The van der Waals surface area contributed by atoms with Gasteiger partial charge in [0.15, 0.2) is 0 Å². The number of nitrogens with one attached hydrogen (secondary N) is 3. The number of alkyl halides is 3. The summed E-state index contributed by atoms with van der Waals surface area (Å²) in [6, 6.07) is 6.61. The summed E-state index contributed by atoms with van der Waals surface area (Å²) in [6.45, 7) is 11.6. The highest BCUT2D eigenvalue weighted by molar-refractivity contribution is 6.09. The fourth-order valence-corrected chi connectivity index (χ4v) is 3.10. The SMILES string of the molecule is C=CC(=C)NCC(=N)c1c(-c2cnn(C(C)C)c2)ccnc1Nc1ccc(C(F)(F)F)cc1. The van der Waals surface area contributed by atoms with Gasteiger partial charge in [-0.05, 0) is 55.8 Å². The van der Waals surface area contributed by atoms with Gasteiger partial charge in [0.05, 0.1) is 24.0 Å². The van der Waals surface area contributed by atoms with Crippen molar-refractivity contribution >= 4 is 17.2 Å². The largest absolute Gasteiger partial charge is 0.416 e. The molecule has 0 bridgehead atoms. The maximum Gasteiger partial charge on any atom is 0.416 e. The van der Waals surface area contributed by atoms with Crippen LogP contribution >= 0.6 is 0 Å². The maximum absolute atomic E-state index is 12.9. The van der Waals surface area contributed by atoms with Crippen molar-refractivity contribution in [2.24, 2.45) is 0 Å². The molecule has 3 rings (SSSR count). The van der Waals surface area contributed by atoms with Crippen LogP contribution in [-0.2, 0) is 6.18 Å². The molecule has 6 nitrogen and oxygen atoms in total. The minimum atomic E-state index is -4.42. The Kier molecular flexibility index (Phi) is 7.01. The van der Waals surface area contributed by atoms with Crippen LogP contribution in [0, 0.1) is 5.41 Å². The summed E-state index contributed by atoms with van der Waals surface area (Å²) in [5, 5.41) is 19.2. The molecule has 0 fully saturated rings. The molecule has 0 saturated carbocycles. The van der Waals surface area contributed by atoms with E-state index in [2.05, 4.69) is 33.9 Å². The average molecular weight is 455 g/mol. The zero-order chi connectivity index (χ0) is 24.2. The number of hydrogen-bond acceptors (Lipinski definition) is 5. The van der Waals surface area contributed by atoms with E-state index in [1.54, 1.807) is 24.5 Å². The minimum Gasteiger partial charge on any atom is -0.380 e. The second-order valence-electron chi connectivity index (χ2n) is 7.65. The molecule has 0 unspecified atom stereocenters. The van der Waals surface area contributed by atoms with Gasteiger partial charge in [0.1, 0.15) is 5.82 Å². The van der Waals surface area contributed by atoms with Crippen molar-refractivity contribution in [3.8, 4) is 11.1 Å². The van der Waals surface area contributed by atoms with E-state index in [0.29, 0.717) is 22.8 Å². The minimum absolute atomic E-state index is 0.156. The molecular weight excluding hydrogens is 429 g/mol. The normalized spacial score (nSPS) is 11.3. The molecule has 3 aromatic rings. The van der Waals surface area contributed by atoms with Gasteiger partial charge in [0, 0.05) is 40.9 Å². The second kappa shape index (κ2) is 9.72. The zero-order valence-electron chi connectivity index (χ0n) is 18.4. The average Bonchev–Trinajstić information content (AvgIpc) is 3.27. The summed E-state index contributed by atoms with van der Waals surface area (Å²) in [4.78, 5) is 4.37. The van der Waals surface area contributed by atoms with Crippen LogP contribution in [0.1, 0.15) is 31.0 Å². The third-order valence-electron chi connectivity index (χ3n) is 4.91. The van der Waals surface area contributed by atoms with Gasteiger partial charge in [0.25, 0.3) is 0 Å². The molecule has 0 aliphatic rings. The summed E-state index contributed by atoms with van der Waals surface area (Å²) in [7, 11) is 0. The van der Waals surface area contributed by atoms with E-state index >= 15 is 0 Å². The number of anilines is 2. The fourth-order valence-electron chi connectivity index (χ4n) is 3.10.